The van der Waals surface area contributed by atoms with Crippen molar-refractivity contribution in [1.29, 1.82) is 0 Å². The van der Waals surface area contributed by atoms with Gasteiger partial charge in [0, 0.05) is 29.6 Å². The second-order valence-electron chi connectivity index (χ2n) is 6.76. The SMILES string of the molecule is CC(C)C[C@H](S)C1CC(=O)NC(C(N)=O)Cc2ccccc2C1=O. The molecule has 5 nitrogen and oxygen atoms in total. The van der Waals surface area contributed by atoms with Crippen molar-refractivity contribution in [1.82, 2.24) is 5.32 Å². The van der Waals surface area contributed by atoms with Gasteiger partial charge in [-0.2, -0.15) is 12.6 Å². The lowest BCUT2D eigenvalue weighted by Crippen LogP contribution is -2.46. The molecule has 0 radical (unpaired) electrons. The number of ketones is 1. The van der Waals surface area contributed by atoms with Crippen molar-refractivity contribution in [3.05, 3.63) is 35.4 Å². The summed E-state index contributed by atoms with van der Waals surface area (Å²) < 4.78 is 0. The monoisotopic (exact) mass is 348 g/mol. The van der Waals surface area contributed by atoms with Crippen molar-refractivity contribution in [3.8, 4) is 0 Å². The number of amides is 2. The zero-order valence-corrected chi connectivity index (χ0v) is 14.9. The topological polar surface area (TPSA) is 89.3 Å². The maximum atomic E-state index is 13.0. The molecule has 0 saturated heterocycles. The Bertz CT molecular complexity index is 645. The minimum absolute atomic E-state index is 0.0117. The van der Waals surface area contributed by atoms with Crippen LogP contribution in [0.5, 0.6) is 0 Å². The summed E-state index contributed by atoms with van der Waals surface area (Å²) in [4.78, 5) is 37.0. The smallest absolute Gasteiger partial charge is 0.240 e. The van der Waals surface area contributed by atoms with Gasteiger partial charge in [0.2, 0.25) is 11.8 Å². The molecular formula is C18H24N2O3S. The third kappa shape index (κ3) is 4.38. The van der Waals surface area contributed by atoms with E-state index in [2.05, 4.69) is 31.8 Å². The van der Waals surface area contributed by atoms with Gasteiger partial charge in [0.15, 0.2) is 5.78 Å². The van der Waals surface area contributed by atoms with E-state index in [-0.39, 0.29) is 29.8 Å². The van der Waals surface area contributed by atoms with Gasteiger partial charge in [-0.15, -0.1) is 0 Å². The van der Waals surface area contributed by atoms with Crippen LogP contribution in [-0.4, -0.2) is 28.9 Å². The fourth-order valence-corrected chi connectivity index (χ4v) is 3.75. The van der Waals surface area contributed by atoms with E-state index >= 15 is 0 Å². The van der Waals surface area contributed by atoms with E-state index in [1.165, 1.54) is 0 Å². The third-order valence-corrected chi connectivity index (χ3v) is 4.88. The Labute approximate surface area is 147 Å². The highest BCUT2D eigenvalue weighted by Crippen LogP contribution is 2.28. The molecule has 0 fully saturated rings. The Balaban J connectivity index is 2.43. The number of nitrogens with one attached hydrogen (secondary N) is 1. The first-order valence-corrected chi connectivity index (χ1v) is 8.70. The molecule has 6 heteroatoms. The minimum atomic E-state index is -0.811. The fourth-order valence-electron chi connectivity index (χ4n) is 3.08. The Morgan fingerprint density at radius 3 is 2.58 bits per heavy atom. The lowest BCUT2D eigenvalue weighted by Gasteiger charge is -2.23. The molecule has 0 aliphatic carbocycles. The van der Waals surface area contributed by atoms with Crippen LogP contribution in [0, 0.1) is 11.8 Å². The van der Waals surface area contributed by atoms with Crippen molar-refractivity contribution in [2.75, 3.05) is 0 Å². The number of thiol groups is 1. The van der Waals surface area contributed by atoms with Crippen LogP contribution in [0.15, 0.2) is 24.3 Å². The maximum absolute atomic E-state index is 13.0. The average molecular weight is 348 g/mol. The molecule has 0 aromatic heterocycles. The van der Waals surface area contributed by atoms with Crippen LogP contribution < -0.4 is 11.1 Å². The number of carbonyl (C=O) groups is 3. The Kier molecular flexibility index (Phi) is 6.04. The number of nitrogens with two attached hydrogens (primary N) is 1. The number of hydrogen-bond acceptors (Lipinski definition) is 4. The number of carbonyl (C=O) groups excluding carboxylic acids is 3. The van der Waals surface area contributed by atoms with Crippen LogP contribution in [0.25, 0.3) is 0 Å². The molecule has 2 rings (SSSR count). The lowest BCUT2D eigenvalue weighted by molar-refractivity contribution is -0.127. The van der Waals surface area contributed by atoms with Gasteiger partial charge in [0.05, 0.1) is 0 Å². The highest BCUT2D eigenvalue weighted by atomic mass is 32.1. The van der Waals surface area contributed by atoms with Crippen LogP contribution in [0.2, 0.25) is 0 Å². The van der Waals surface area contributed by atoms with Gasteiger partial charge in [0.1, 0.15) is 6.04 Å². The molecule has 1 heterocycles. The van der Waals surface area contributed by atoms with Crippen molar-refractivity contribution in [2.24, 2.45) is 17.6 Å². The van der Waals surface area contributed by atoms with E-state index in [0.29, 0.717) is 11.5 Å². The van der Waals surface area contributed by atoms with Crippen molar-refractivity contribution >= 4 is 30.2 Å². The molecule has 1 aromatic rings. The number of rotatable bonds is 4. The standard InChI is InChI=1S/C18H24N2O3S/c1-10(2)7-15(24)13-9-16(21)20-14(18(19)23)8-11-5-3-4-6-12(11)17(13)22/h3-6,10,13-15,24H,7-9H2,1-2H3,(H2,19,23)(H,20,21)/t13?,14?,15-/m0/s1. The third-order valence-electron chi connectivity index (χ3n) is 4.30. The van der Waals surface area contributed by atoms with Crippen LogP contribution in [0.1, 0.15) is 42.6 Å². The van der Waals surface area contributed by atoms with Crippen LogP contribution in [-0.2, 0) is 16.0 Å². The van der Waals surface area contributed by atoms with E-state index < -0.39 is 17.9 Å². The van der Waals surface area contributed by atoms with E-state index in [9.17, 15) is 14.4 Å². The molecule has 2 amide bonds. The predicted octanol–water partition coefficient (Wildman–Crippen LogP) is 1.75. The Morgan fingerprint density at radius 1 is 1.29 bits per heavy atom. The van der Waals surface area contributed by atoms with Crippen LogP contribution >= 0.6 is 12.6 Å². The average Bonchev–Trinajstić information content (AvgIpc) is 2.55. The highest BCUT2D eigenvalue weighted by Gasteiger charge is 2.34. The Hall–Kier alpha value is -1.82. The molecule has 2 unspecified atom stereocenters. The molecule has 1 aliphatic rings. The molecule has 1 aromatic carbocycles. The number of Topliss-reactive ketones (excluding diaryl/α,β-unsaturated/α-hetero) is 1. The first-order chi connectivity index (χ1) is 11.3. The summed E-state index contributed by atoms with van der Waals surface area (Å²) in [6.45, 7) is 4.11. The summed E-state index contributed by atoms with van der Waals surface area (Å²) in [6.07, 6.45) is 0.961. The maximum Gasteiger partial charge on any atom is 0.240 e. The van der Waals surface area contributed by atoms with E-state index in [0.717, 1.165) is 12.0 Å². The summed E-state index contributed by atoms with van der Waals surface area (Å²) in [5.41, 5.74) is 6.67. The summed E-state index contributed by atoms with van der Waals surface area (Å²) >= 11 is 4.59. The van der Waals surface area contributed by atoms with Gasteiger partial charge in [-0.05, 0) is 17.9 Å². The van der Waals surface area contributed by atoms with E-state index in [1.807, 2.05) is 6.07 Å². The van der Waals surface area contributed by atoms with Crippen LogP contribution in [0.4, 0.5) is 0 Å². The molecule has 0 spiro atoms. The van der Waals surface area contributed by atoms with Crippen molar-refractivity contribution in [3.63, 3.8) is 0 Å². The largest absolute Gasteiger partial charge is 0.368 e. The summed E-state index contributed by atoms with van der Waals surface area (Å²) in [7, 11) is 0. The zero-order chi connectivity index (χ0) is 17.9. The summed E-state index contributed by atoms with van der Waals surface area (Å²) in [5, 5.41) is 2.44. The summed E-state index contributed by atoms with van der Waals surface area (Å²) in [6, 6.07) is 6.33. The van der Waals surface area contributed by atoms with Gasteiger partial charge in [-0.3, -0.25) is 14.4 Å². The summed E-state index contributed by atoms with van der Waals surface area (Å²) in [5.74, 6) is -1.19. The second kappa shape index (κ2) is 7.83. The number of hydrogen-bond donors (Lipinski definition) is 3. The van der Waals surface area contributed by atoms with Gasteiger partial charge >= 0.3 is 0 Å². The van der Waals surface area contributed by atoms with Gasteiger partial charge in [-0.1, -0.05) is 38.1 Å². The molecule has 130 valence electrons. The predicted molar refractivity (Wildman–Crippen MR) is 95.9 cm³/mol. The van der Waals surface area contributed by atoms with Crippen molar-refractivity contribution < 1.29 is 14.4 Å². The normalized spacial score (nSPS) is 22.8. The highest BCUT2D eigenvalue weighted by molar-refractivity contribution is 7.81. The molecule has 24 heavy (non-hydrogen) atoms. The fraction of sp³-hybridized carbons (Fsp3) is 0.500. The number of fused-ring (bicyclic) bond motifs is 1. The quantitative estimate of drug-likeness (QED) is 0.724. The number of primary amides is 1. The first kappa shape index (κ1) is 18.5. The molecule has 0 bridgehead atoms. The molecule has 1 aliphatic heterocycles. The van der Waals surface area contributed by atoms with E-state index in [4.69, 9.17) is 5.73 Å². The van der Waals surface area contributed by atoms with Gasteiger partial charge in [0.25, 0.3) is 0 Å². The molecule has 3 atom stereocenters. The zero-order valence-electron chi connectivity index (χ0n) is 14.0. The second-order valence-corrected chi connectivity index (χ2v) is 7.42. The van der Waals surface area contributed by atoms with Crippen LogP contribution in [0.3, 0.4) is 0 Å². The van der Waals surface area contributed by atoms with Gasteiger partial charge < -0.3 is 11.1 Å². The lowest BCUT2D eigenvalue weighted by atomic mass is 9.86. The molecule has 3 N–H and O–H groups in total. The minimum Gasteiger partial charge on any atom is -0.368 e. The Morgan fingerprint density at radius 2 is 1.96 bits per heavy atom. The first-order valence-electron chi connectivity index (χ1n) is 8.18. The van der Waals surface area contributed by atoms with Gasteiger partial charge in [-0.25, -0.2) is 0 Å². The van der Waals surface area contributed by atoms with Crippen molar-refractivity contribution in [2.45, 2.75) is 44.4 Å². The molecular weight excluding hydrogens is 324 g/mol. The van der Waals surface area contributed by atoms with E-state index in [1.54, 1.807) is 18.2 Å². The number of benzene rings is 1. The molecule has 0 saturated carbocycles.